The molecule has 2 aliphatic rings. The van der Waals surface area contributed by atoms with E-state index in [9.17, 15) is 9.59 Å². The molecular weight excluding hydrogens is 396 g/mol. The summed E-state index contributed by atoms with van der Waals surface area (Å²) < 4.78 is 11.9. The summed E-state index contributed by atoms with van der Waals surface area (Å²) in [5.41, 5.74) is 1.63. The maximum atomic E-state index is 12.8. The van der Waals surface area contributed by atoms with Crippen LogP contribution in [0.15, 0.2) is 51.8 Å². The fourth-order valence-electron chi connectivity index (χ4n) is 4.72. The van der Waals surface area contributed by atoms with Gasteiger partial charge in [0.05, 0.1) is 18.9 Å². The van der Waals surface area contributed by atoms with Crippen LogP contribution in [0.3, 0.4) is 0 Å². The Morgan fingerprint density at radius 1 is 1.13 bits per heavy atom. The number of carbonyl (C=O) groups excluding carboxylic acids is 1. The largest absolute Gasteiger partial charge is 0.479 e. The smallest absolute Gasteiger partial charge is 0.292 e. The second-order valence-electron chi connectivity index (χ2n) is 8.37. The molecule has 2 aliphatic heterocycles. The molecule has 1 atom stereocenters. The number of aryl methyl sites for hydroxylation is 1. The minimum absolute atomic E-state index is 0.0133. The highest BCUT2D eigenvalue weighted by molar-refractivity contribution is 5.91. The molecule has 1 fully saturated rings. The molecule has 4 heterocycles. The molecule has 0 bridgehead atoms. The van der Waals surface area contributed by atoms with E-state index in [4.69, 9.17) is 14.2 Å². The zero-order valence-electron chi connectivity index (χ0n) is 17.4. The number of hydrogen-bond acceptors (Lipinski definition) is 6. The van der Waals surface area contributed by atoms with Crippen molar-refractivity contribution in [2.75, 3.05) is 20.2 Å². The molecule has 1 aromatic carbocycles. The number of hydrogen-bond donors (Lipinski definition) is 0. The van der Waals surface area contributed by atoms with Crippen molar-refractivity contribution in [3.63, 3.8) is 0 Å². The number of benzene rings is 1. The quantitative estimate of drug-likeness (QED) is 0.647. The lowest BCUT2D eigenvalue weighted by atomic mass is 9.80. The molecular formula is C23H24N4O4. The molecule has 1 amide bonds. The highest BCUT2D eigenvalue weighted by atomic mass is 16.5. The molecule has 3 aromatic rings. The number of methoxy groups -OCH3 is 1. The van der Waals surface area contributed by atoms with E-state index in [1.54, 1.807) is 10.6 Å². The minimum atomic E-state index is -0.170. The summed E-state index contributed by atoms with van der Waals surface area (Å²) in [6.07, 6.45) is 3.35. The molecule has 1 unspecified atom stereocenters. The molecule has 0 saturated carbocycles. The number of aromatic nitrogens is 3. The standard InChI is InChI=1S/C23H24N4O4/c1-30-20-14-18(31-25-20)22(29)26-11-9-23(15-26)8-7-19-24-17(16-5-3-2-4-6-16)13-21(28)27(19)12-10-23/h2-6,13-14H,7-12,15H2,1H3. The van der Waals surface area contributed by atoms with Crippen LogP contribution in [-0.2, 0) is 13.0 Å². The second-order valence-corrected chi connectivity index (χ2v) is 8.37. The Balaban J connectivity index is 1.35. The summed E-state index contributed by atoms with van der Waals surface area (Å²) in [5, 5.41) is 3.73. The van der Waals surface area contributed by atoms with Crippen molar-refractivity contribution >= 4 is 5.91 Å². The number of ether oxygens (including phenoxy) is 1. The summed E-state index contributed by atoms with van der Waals surface area (Å²) in [7, 11) is 1.49. The first kappa shape index (κ1) is 19.5. The van der Waals surface area contributed by atoms with Crippen LogP contribution in [0.1, 0.15) is 35.6 Å². The third-order valence-corrected chi connectivity index (χ3v) is 6.54. The van der Waals surface area contributed by atoms with Gasteiger partial charge in [-0.25, -0.2) is 4.98 Å². The average molecular weight is 420 g/mol. The van der Waals surface area contributed by atoms with Gasteiger partial charge >= 0.3 is 0 Å². The van der Waals surface area contributed by atoms with E-state index in [-0.39, 0.29) is 22.6 Å². The molecule has 8 heteroatoms. The monoisotopic (exact) mass is 420 g/mol. The van der Waals surface area contributed by atoms with Crippen molar-refractivity contribution in [1.82, 2.24) is 19.6 Å². The predicted octanol–water partition coefficient (Wildman–Crippen LogP) is 2.78. The van der Waals surface area contributed by atoms with E-state index in [0.29, 0.717) is 31.9 Å². The zero-order valence-corrected chi connectivity index (χ0v) is 17.4. The third-order valence-electron chi connectivity index (χ3n) is 6.54. The van der Waals surface area contributed by atoms with Gasteiger partial charge in [-0.1, -0.05) is 30.3 Å². The Morgan fingerprint density at radius 3 is 2.71 bits per heavy atom. The van der Waals surface area contributed by atoms with E-state index in [2.05, 4.69) is 5.16 Å². The van der Waals surface area contributed by atoms with Gasteiger partial charge in [-0.15, -0.1) is 0 Å². The van der Waals surface area contributed by atoms with Gasteiger partial charge < -0.3 is 14.2 Å². The number of likely N-dealkylation sites (tertiary alicyclic amines) is 1. The van der Waals surface area contributed by atoms with Crippen LogP contribution in [0, 0.1) is 5.41 Å². The molecule has 8 nitrogen and oxygen atoms in total. The van der Waals surface area contributed by atoms with Gasteiger partial charge in [0, 0.05) is 37.7 Å². The van der Waals surface area contributed by atoms with Crippen LogP contribution >= 0.6 is 0 Å². The SMILES string of the molecule is COc1cc(C(=O)N2CCC3(CCc4nc(-c5ccccc5)cc(=O)n4CC3)C2)on1. The molecule has 160 valence electrons. The van der Waals surface area contributed by atoms with E-state index in [1.165, 1.54) is 13.2 Å². The van der Waals surface area contributed by atoms with Gasteiger partial charge in [-0.05, 0) is 29.8 Å². The Bertz CT molecular complexity index is 1170. The van der Waals surface area contributed by atoms with E-state index < -0.39 is 0 Å². The van der Waals surface area contributed by atoms with Crippen molar-refractivity contribution in [2.24, 2.45) is 5.41 Å². The number of carbonyl (C=O) groups is 1. The van der Waals surface area contributed by atoms with Gasteiger partial charge in [0.1, 0.15) is 5.82 Å². The second kappa shape index (κ2) is 7.68. The molecule has 1 spiro atoms. The summed E-state index contributed by atoms with van der Waals surface area (Å²) >= 11 is 0. The Morgan fingerprint density at radius 2 is 1.94 bits per heavy atom. The maximum absolute atomic E-state index is 12.8. The van der Waals surface area contributed by atoms with Crippen molar-refractivity contribution in [1.29, 1.82) is 0 Å². The number of amides is 1. The highest BCUT2D eigenvalue weighted by Crippen LogP contribution is 2.41. The highest BCUT2D eigenvalue weighted by Gasteiger charge is 2.42. The van der Waals surface area contributed by atoms with Crippen molar-refractivity contribution in [2.45, 2.75) is 32.2 Å². The minimum Gasteiger partial charge on any atom is -0.479 e. The molecule has 5 rings (SSSR count). The van der Waals surface area contributed by atoms with Crippen molar-refractivity contribution in [3.8, 4) is 17.1 Å². The normalized spacial score (nSPS) is 20.5. The van der Waals surface area contributed by atoms with Gasteiger partial charge in [-0.3, -0.25) is 14.2 Å². The average Bonchev–Trinajstić information content (AvgIpc) is 3.40. The Hall–Kier alpha value is -3.42. The molecule has 0 N–H and O–H groups in total. The van der Waals surface area contributed by atoms with E-state index in [1.807, 2.05) is 35.2 Å². The van der Waals surface area contributed by atoms with E-state index >= 15 is 0 Å². The third kappa shape index (κ3) is 3.62. The zero-order chi connectivity index (χ0) is 21.4. The van der Waals surface area contributed by atoms with E-state index in [0.717, 1.165) is 36.3 Å². The topological polar surface area (TPSA) is 90.5 Å². The molecule has 0 radical (unpaired) electrons. The van der Waals surface area contributed by atoms with Gasteiger partial charge in [0.25, 0.3) is 17.3 Å². The van der Waals surface area contributed by atoms with Crippen LogP contribution in [0.4, 0.5) is 0 Å². The molecule has 31 heavy (non-hydrogen) atoms. The van der Waals surface area contributed by atoms with Crippen molar-refractivity contribution < 1.29 is 14.1 Å². The maximum Gasteiger partial charge on any atom is 0.292 e. The summed E-state index contributed by atoms with van der Waals surface area (Å²) in [5.74, 6) is 1.14. The predicted molar refractivity (Wildman–Crippen MR) is 113 cm³/mol. The fraction of sp³-hybridized carbons (Fsp3) is 0.391. The van der Waals surface area contributed by atoms with Crippen LogP contribution in [0.5, 0.6) is 5.88 Å². The summed E-state index contributed by atoms with van der Waals surface area (Å²) in [6, 6.07) is 12.9. The van der Waals surface area contributed by atoms with Crippen LogP contribution in [-0.4, -0.2) is 45.7 Å². The molecule has 2 aromatic heterocycles. The van der Waals surface area contributed by atoms with Crippen LogP contribution < -0.4 is 10.3 Å². The first-order valence-electron chi connectivity index (χ1n) is 10.5. The Kier molecular flexibility index (Phi) is 4.84. The first-order valence-corrected chi connectivity index (χ1v) is 10.5. The van der Waals surface area contributed by atoms with Crippen LogP contribution in [0.2, 0.25) is 0 Å². The lowest BCUT2D eigenvalue weighted by molar-refractivity contribution is 0.0725. The number of rotatable bonds is 3. The summed E-state index contributed by atoms with van der Waals surface area (Å²) in [4.78, 5) is 32.3. The lowest BCUT2D eigenvalue weighted by Gasteiger charge is -2.27. The van der Waals surface area contributed by atoms with Gasteiger partial charge in [0.15, 0.2) is 0 Å². The summed E-state index contributed by atoms with van der Waals surface area (Å²) in [6.45, 7) is 1.92. The number of fused-ring (bicyclic) bond motifs is 1. The first-order chi connectivity index (χ1) is 15.1. The van der Waals surface area contributed by atoms with Crippen LogP contribution in [0.25, 0.3) is 11.3 Å². The fourth-order valence-corrected chi connectivity index (χ4v) is 4.72. The lowest BCUT2D eigenvalue weighted by Crippen LogP contribution is -2.32. The van der Waals surface area contributed by atoms with Gasteiger partial charge in [-0.2, -0.15) is 0 Å². The number of nitrogens with zero attached hydrogens (tertiary/aromatic N) is 4. The van der Waals surface area contributed by atoms with Crippen molar-refractivity contribution in [3.05, 3.63) is 64.4 Å². The molecule has 0 aliphatic carbocycles. The molecule has 1 saturated heterocycles. The Labute approximate surface area is 179 Å². The van der Waals surface area contributed by atoms with Gasteiger partial charge in [0.2, 0.25) is 5.76 Å².